The van der Waals surface area contributed by atoms with Crippen LogP contribution in [0.3, 0.4) is 0 Å². The Balaban J connectivity index is 1.84. The topological polar surface area (TPSA) is 49.4 Å². The van der Waals surface area contributed by atoms with Crippen molar-refractivity contribution in [3.05, 3.63) is 107 Å². The molecule has 184 valence electrons. The lowest BCUT2D eigenvalue weighted by Crippen LogP contribution is -2.54. The average Bonchev–Trinajstić information content (AvgIpc) is 2.81. The highest BCUT2D eigenvalue weighted by Gasteiger charge is 2.32. The van der Waals surface area contributed by atoms with E-state index in [9.17, 15) is 9.59 Å². The van der Waals surface area contributed by atoms with Crippen molar-refractivity contribution >= 4 is 23.6 Å². The fourth-order valence-electron chi connectivity index (χ4n) is 3.93. The van der Waals surface area contributed by atoms with Gasteiger partial charge in [0.05, 0.1) is 5.75 Å². The molecule has 0 saturated heterocycles. The minimum atomic E-state index is -0.607. The van der Waals surface area contributed by atoms with E-state index in [1.807, 2.05) is 87.5 Å². The van der Waals surface area contributed by atoms with Crippen molar-refractivity contribution in [3.63, 3.8) is 0 Å². The van der Waals surface area contributed by atoms with E-state index >= 15 is 0 Å². The van der Waals surface area contributed by atoms with E-state index < -0.39 is 11.6 Å². The lowest BCUT2D eigenvalue weighted by atomic mass is 10.0. The number of aryl methyl sites for hydroxylation is 1. The van der Waals surface area contributed by atoms with Crippen LogP contribution in [0, 0.1) is 6.92 Å². The van der Waals surface area contributed by atoms with Gasteiger partial charge in [0.15, 0.2) is 0 Å². The fraction of sp³-hybridized carbons (Fsp3) is 0.333. The van der Waals surface area contributed by atoms with E-state index in [0.29, 0.717) is 18.7 Å². The summed E-state index contributed by atoms with van der Waals surface area (Å²) < 4.78 is 0. The molecule has 0 aliphatic heterocycles. The SMILES string of the molecule is Cc1cccc(CSCC(=O)N(Cc2ccccc2)[C@@H](Cc2ccccc2)C(=O)NC(C)(C)C)c1. The highest BCUT2D eigenvalue weighted by molar-refractivity contribution is 7.99. The van der Waals surface area contributed by atoms with Crippen molar-refractivity contribution in [2.75, 3.05) is 5.75 Å². The number of rotatable bonds is 10. The molecular weight excluding hydrogens is 452 g/mol. The van der Waals surface area contributed by atoms with Gasteiger partial charge in [-0.25, -0.2) is 0 Å². The zero-order chi connectivity index (χ0) is 25.3. The van der Waals surface area contributed by atoms with Crippen LogP contribution >= 0.6 is 11.8 Å². The monoisotopic (exact) mass is 488 g/mol. The van der Waals surface area contributed by atoms with E-state index in [2.05, 4.69) is 30.4 Å². The smallest absolute Gasteiger partial charge is 0.243 e. The van der Waals surface area contributed by atoms with Gasteiger partial charge in [0.25, 0.3) is 0 Å². The Morgan fingerprint density at radius 3 is 2.06 bits per heavy atom. The van der Waals surface area contributed by atoms with Gasteiger partial charge < -0.3 is 10.2 Å². The van der Waals surface area contributed by atoms with Crippen LogP contribution in [0.5, 0.6) is 0 Å². The first kappa shape index (κ1) is 26.6. The zero-order valence-electron chi connectivity index (χ0n) is 21.2. The Morgan fingerprint density at radius 2 is 1.46 bits per heavy atom. The number of benzene rings is 3. The molecule has 0 saturated carbocycles. The third-order valence-electron chi connectivity index (χ3n) is 5.54. The van der Waals surface area contributed by atoms with E-state index in [0.717, 1.165) is 16.9 Å². The van der Waals surface area contributed by atoms with Crippen LogP contribution in [0.1, 0.15) is 43.0 Å². The Labute approximate surface area is 214 Å². The molecule has 35 heavy (non-hydrogen) atoms. The number of amides is 2. The van der Waals surface area contributed by atoms with Gasteiger partial charge in [0.1, 0.15) is 6.04 Å². The minimum Gasteiger partial charge on any atom is -0.350 e. The number of thioether (sulfide) groups is 1. The first-order valence-electron chi connectivity index (χ1n) is 12.0. The maximum Gasteiger partial charge on any atom is 0.243 e. The predicted octanol–water partition coefficient (Wildman–Crippen LogP) is 5.78. The lowest BCUT2D eigenvalue weighted by molar-refractivity contribution is -0.140. The van der Waals surface area contributed by atoms with Crippen molar-refractivity contribution in [3.8, 4) is 0 Å². The quantitative estimate of drug-likeness (QED) is 0.393. The van der Waals surface area contributed by atoms with Crippen molar-refractivity contribution in [2.24, 2.45) is 0 Å². The van der Waals surface area contributed by atoms with E-state index in [-0.39, 0.29) is 11.8 Å². The molecule has 1 atom stereocenters. The molecular formula is C30H36N2O2S. The van der Waals surface area contributed by atoms with Crippen LogP contribution in [0.4, 0.5) is 0 Å². The van der Waals surface area contributed by atoms with Crippen molar-refractivity contribution < 1.29 is 9.59 Å². The van der Waals surface area contributed by atoms with E-state index in [4.69, 9.17) is 0 Å². The first-order chi connectivity index (χ1) is 16.7. The molecule has 2 amide bonds. The Morgan fingerprint density at radius 1 is 0.857 bits per heavy atom. The third-order valence-corrected chi connectivity index (χ3v) is 6.53. The maximum absolute atomic E-state index is 13.6. The van der Waals surface area contributed by atoms with E-state index in [1.54, 1.807) is 16.7 Å². The highest BCUT2D eigenvalue weighted by Crippen LogP contribution is 2.19. The number of nitrogens with zero attached hydrogens (tertiary/aromatic N) is 1. The summed E-state index contributed by atoms with van der Waals surface area (Å²) in [5, 5.41) is 3.11. The molecule has 0 spiro atoms. The molecule has 5 heteroatoms. The van der Waals surface area contributed by atoms with Crippen molar-refractivity contribution in [1.82, 2.24) is 10.2 Å². The van der Waals surface area contributed by atoms with Crippen LogP contribution in [0.2, 0.25) is 0 Å². The van der Waals surface area contributed by atoms with Crippen molar-refractivity contribution in [1.29, 1.82) is 0 Å². The summed E-state index contributed by atoms with van der Waals surface area (Å²) in [5.74, 6) is 0.907. The molecule has 0 aromatic heterocycles. The van der Waals surface area contributed by atoms with E-state index in [1.165, 1.54) is 11.1 Å². The molecule has 1 N–H and O–H groups in total. The predicted molar refractivity (Wildman–Crippen MR) is 146 cm³/mol. The molecule has 0 fully saturated rings. The second-order valence-corrected chi connectivity index (χ2v) is 10.9. The summed E-state index contributed by atoms with van der Waals surface area (Å²) in [4.78, 5) is 28.9. The van der Waals surface area contributed by atoms with Gasteiger partial charge in [-0.15, -0.1) is 11.8 Å². The van der Waals surface area contributed by atoms with Crippen LogP contribution < -0.4 is 5.32 Å². The van der Waals surface area contributed by atoms with Gasteiger partial charge in [-0.2, -0.15) is 0 Å². The molecule has 0 bridgehead atoms. The van der Waals surface area contributed by atoms with Gasteiger partial charge in [0, 0.05) is 24.3 Å². The molecule has 4 nitrogen and oxygen atoms in total. The van der Waals surface area contributed by atoms with Crippen LogP contribution in [-0.4, -0.2) is 34.0 Å². The van der Waals surface area contributed by atoms with Crippen LogP contribution in [0.25, 0.3) is 0 Å². The second-order valence-electron chi connectivity index (χ2n) is 9.93. The van der Waals surface area contributed by atoms with Crippen molar-refractivity contribution in [2.45, 2.75) is 58.0 Å². The Bertz CT molecular complexity index is 1090. The Hall–Kier alpha value is -3.05. The molecule has 0 unspecified atom stereocenters. The molecule has 0 heterocycles. The number of hydrogen-bond acceptors (Lipinski definition) is 3. The largest absolute Gasteiger partial charge is 0.350 e. The van der Waals surface area contributed by atoms with Crippen LogP contribution in [0.15, 0.2) is 84.9 Å². The van der Waals surface area contributed by atoms with Gasteiger partial charge in [-0.1, -0.05) is 90.5 Å². The summed E-state index contributed by atoms with van der Waals surface area (Å²) in [7, 11) is 0. The molecule has 0 aliphatic carbocycles. The maximum atomic E-state index is 13.6. The third kappa shape index (κ3) is 8.91. The second kappa shape index (κ2) is 12.6. The summed E-state index contributed by atoms with van der Waals surface area (Å²) in [6.07, 6.45) is 0.462. The molecule has 3 aromatic rings. The van der Waals surface area contributed by atoms with Gasteiger partial charge in [-0.05, 0) is 44.4 Å². The fourth-order valence-corrected chi connectivity index (χ4v) is 4.79. The molecule has 3 rings (SSSR count). The normalized spacial score (nSPS) is 12.1. The van der Waals surface area contributed by atoms with Gasteiger partial charge >= 0.3 is 0 Å². The number of nitrogens with one attached hydrogen (secondary N) is 1. The summed E-state index contributed by atoms with van der Waals surface area (Å²) in [6, 6.07) is 27.5. The lowest BCUT2D eigenvalue weighted by Gasteiger charge is -2.34. The highest BCUT2D eigenvalue weighted by atomic mass is 32.2. The number of carbonyl (C=O) groups is 2. The molecule has 3 aromatic carbocycles. The summed E-state index contributed by atoms with van der Waals surface area (Å²) >= 11 is 1.59. The Kier molecular flexibility index (Phi) is 9.55. The first-order valence-corrected chi connectivity index (χ1v) is 13.2. The number of carbonyl (C=O) groups excluding carboxylic acids is 2. The van der Waals surface area contributed by atoms with Crippen LogP contribution in [-0.2, 0) is 28.3 Å². The molecule has 0 radical (unpaired) electrons. The van der Waals surface area contributed by atoms with Gasteiger partial charge in [-0.3, -0.25) is 9.59 Å². The standard InChI is InChI=1S/C30H36N2O2S/c1-23-12-11-17-26(18-23)21-35-22-28(33)32(20-25-15-9-6-10-16-25)27(29(34)31-30(2,3)4)19-24-13-7-5-8-14-24/h5-18,27H,19-22H2,1-4H3,(H,31,34)/t27-/m0/s1. The summed E-state index contributed by atoms with van der Waals surface area (Å²) in [5.41, 5.74) is 4.05. The molecule has 0 aliphatic rings. The van der Waals surface area contributed by atoms with Gasteiger partial charge in [0.2, 0.25) is 11.8 Å². The number of hydrogen-bond donors (Lipinski definition) is 1. The minimum absolute atomic E-state index is 0.0310. The summed E-state index contributed by atoms with van der Waals surface area (Å²) in [6.45, 7) is 8.35. The average molecular weight is 489 g/mol. The zero-order valence-corrected chi connectivity index (χ0v) is 22.0.